The SMILES string of the molecule is CC(C)(C)OC(=O)NCC1CCC(C=O)(COCC(=O)O)CC1. The average Bonchev–Trinajstić information content (AvgIpc) is 2.44. The monoisotopic (exact) mass is 329 g/mol. The van der Waals surface area contributed by atoms with E-state index in [2.05, 4.69) is 5.32 Å². The number of aldehydes is 1. The molecule has 1 amide bonds. The number of amides is 1. The zero-order chi connectivity index (χ0) is 17.5. The van der Waals surface area contributed by atoms with Crippen LogP contribution in [0.2, 0.25) is 0 Å². The van der Waals surface area contributed by atoms with E-state index in [1.807, 2.05) is 20.8 Å². The Morgan fingerprint density at radius 2 is 1.91 bits per heavy atom. The van der Waals surface area contributed by atoms with Crippen LogP contribution < -0.4 is 5.32 Å². The smallest absolute Gasteiger partial charge is 0.407 e. The fourth-order valence-corrected chi connectivity index (χ4v) is 2.64. The molecule has 1 fully saturated rings. The maximum absolute atomic E-state index is 11.6. The minimum atomic E-state index is -1.04. The molecule has 0 radical (unpaired) electrons. The Kier molecular flexibility index (Phi) is 7.00. The molecular weight excluding hydrogens is 302 g/mol. The van der Waals surface area contributed by atoms with Crippen LogP contribution in [0.4, 0.5) is 4.79 Å². The Morgan fingerprint density at radius 3 is 2.39 bits per heavy atom. The maximum atomic E-state index is 11.6. The quantitative estimate of drug-likeness (QED) is 0.693. The molecule has 0 aromatic heterocycles. The van der Waals surface area contributed by atoms with E-state index in [0.29, 0.717) is 19.4 Å². The Morgan fingerprint density at radius 1 is 1.30 bits per heavy atom. The molecule has 23 heavy (non-hydrogen) atoms. The number of carboxylic acids is 1. The molecule has 7 heteroatoms. The van der Waals surface area contributed by atoms with Gasteiger partial charge in [0.05, 0.1) is 6.61 Å². The zero-order valence-electron chi connectivity index (χ0n) is 14.1. The average molecular weight is 329 g/mol. The van der Waals surface area contributed by atoms with Gasteiger partial charge in [0.25, 0.3) is 0 Å². The third-order valence-corrected chi connectivity index (χ3v) is 3.90. The van der Waals surface area contributed by atoms with Crippen molar-refractivity contribution in [2.45, 2.75) is 52.1 Å². The summed E-state index contributed by atoms with van der Waals surface area (Å²) in [5.74, 6) is -0.753. The molecule has 0 aromatic carbocycles. The lowest BCUT2D eigenvalue weighted by molar-refractivity contribution is -0.145. The van der Waals surface area contributed by atoms with E-state index < -0.39 is 23.1 Å². The van der Waals surface area contributed by atoms with Crippen molar-refractivity contribution in [1.82, 2.24) is 5.32 Å². The lowest BCUT2D eigenvalue weighted by Crippen LogP contribution is -2.39. The van der Waals surface area contributed by atoms with Gasteiger partial charge in [-0.1, -0.05) is 0 Å². The van der Waals surface area contributed by atoms with Crippen molar-refractivity contribution in [3.63, 3.8) is 0 Å². The normalized spacial score (nSPS) is 24.7. The van der Waals surface area contributed by atoms with Crippen LogP contribution in [0.3, 0.4) is 0 Å². The van der Waals surface area contributed by atoms with Gasteiger partial charge in [-0.3, -0.25) is 0 Å². The number of carbonyl (C=O) groups is 3. The molecule has 1 aliphatic carbocycles. The summed E-state index contributed by atoms with van der Waals surface area (Å²) in [7, 11) is 0. The van der Waals surface area contributed by atoms with Gasteiger partial charge in [-0.15, -0.1) is 0 Å². The van der Waals surface area contributed by atoms with Gasteiger partial charge in [0, 0.05) is 12.0 Å². The number of alkyl carbamates (subject to hydrolysis) is 1. The van der Waals surface area contributed by atoms with Crippen LogP contribution in [-0.2, 0) is 19.1 Å². The highest BCUT2D eigenvalue weighted by Crippen LogP contribution is 2.37. The van der Waals surface area contributed by atoms with E-state index in [1.165, 1.54) is 0 Å². The number of hydrogen-bond acceptors (Lipinski definition) is 5. The topological polar surface area (TPSA) is 102 Å². The first kappa shape index (κ1) is 19.4. The molecule has 0 bridgehead atoms. The summed E-state index contributed by atoms with van der Waals surface area (Å²) in [5.41, 5.74) is -1.12. The Bertz CT molecular complexity index is 421. The molecule has 0 atom stereocenters. The molecule has 0 aromatic rings. The Hall–Kier alpha value is -1.63. The van der Waals surface area contributed by atoms with Gasteiger partial charge in [0.2, 0.25) is 0 Å². The van der Waals surface area contributed by atoms with Gasteiger partial charge in [-0.05, 0) is 52.4 Å². The van der Waals surface area contributed by atoms with Crippen molar-refractivity contribution >= 4 is 18.3 Å². The van der Waals surface area contributed by atoms with E-state index in [1.54, 1.807) is 0 Å². The predicted molar refractivity (Wildman–Crippen MR) is 83.1 cm³/mol. The molecule has 7 nitrogen and oxygen atoms in total. The zero-order valence-corrected chi connectivity index (χ0v) is 14.1. The molecule has 0 heterocycles. The number of carbonyl (C=O) groups excluding carboxylic acids is 2. The third kappa shape index (κ3) is 7.45. The maximum Gasteiger partial charge on any atom is 0.407 e. The highest BCUT2D eigenvalue weighted by molar-refractivity contribution is 5.68. The number of ether oxygens (including phenoxy) is 2. The number of rotatable bonds is 7. The summed E-state index contributed by atoms with van der Waals surface area (Å²) in [6, 6.07) is 0. The highest BCUT2D eigenvalue weighted by atomic mass is 16.6. The van der Waals surface area contributed by atoms with Crippen LogP contribution in [0.5, 0.6) is 0 Å². The summed E-state index contributed by atoms with van der Waals surface area (Å²) >= 11 is 0. The first-order valence-electron chi connectivity index (χ1n) is 7.88. The standard InChI is InChI=1S/C16H27NO6/c1-15(2,3)23-14(21)17-8-12-4-6-16(10-18,7-5-12)11-22-9-13(19)20/h10,12H,4-9,11H2,1-3H3,(H,17,21)(H,19,20). The van der Waals surface area contributed by atoms with Crippen LogP contribution in [0, 0.1) is 11.3 Å². The predicted octanol–water partition coefficient (Wildman–Crippen LogP) is 1.99. The van der Waals surface area contributed by atoms with Crippen molar-refractivity contribution in [1.29, 1.82) is 0 Å². The minimum absolute atomic E-state index is 0.134. The van der Waals surface area contributed by atoms with Gasteiger partial charge >= 0.3 is 12.1 Å². The second-order valence-corrected chi connectivity index (χ2v) is 7.19. The first-order valence-corrected chi connectivity index (χ1v) is 7.88. The van der Waals surface area contributed by atoms with E-state index >= 15 is 0 Å². The molecule has 0 aliphatic heterocycles. The van der Waals surface area contributed by atoms with Crippen molar-refractivity contribution in [3.05, 3.63) is 0 Å². The molecular formula is C16H27NO6. The summed E-state index contributed by atoms with van der Waals surface area (Å²) in [6.07, 6.45) is 3.28. The largest absolute Gasteiger partial charge is 0.480 e. The van der Waals surface area contributed by atoms with E-state index in [-0.39, 0.29) is 19.1 Å². The lowest BCUT2D eigenvalue weighted by atomic mass is 9.72. The molecule has 0 unspecified atom stereocenters. The van der Waals surface area contributed by atoms with Gasteiger partial charge in [-0.2, -0.15) is 0 Å². The van der Waals surface area contributed by atoms with Crippen LogP contribution in [0.15, 0.2) is 0 Å². The molecule has 1 saturated carbocycles. The van der Waals surface area contributed by atoms with Gasteiger partial charge in [-0.25, -0.2) is 9.59 Å². The van der Waals surface area contributed by atoms with Gasteiger partial charge in [0.15, 0.2) is 0 Å². The summed E-state index contributed by atoms with van der Waals surface area (Å²) in [6.45, 7) is 5.68. The number of hydrogen-bond donors (Lipinski definition) is 2. The van der Waals surface area contributed by atoms with Crippen molar-refractivity contribution in [3.8, 4) is 0 Å². The summed E-state index contributed by atoms with van der Waals surface area (Å²) in [4.78, 5) is 33.5. The molecule has 0 saturated heterocycles. The third-order valence-electron chi connectivity index (χ3n) is 3.90. The Labute approximate surface area is 136 Å². The lowest BCUT2D eigenvalue weighted by Gasteiger charge is -2.35. The van der Waals surface area contributed by atoms with E-state index in [4.69, 9.17) is 14.6 Å². The highest BCUT2D eigenvalue weighted by Gasteiger charge is 2.35. The van der Waals surface area contributed by atoms with Gasteiger partial charge in [0.1, 0.15) is 18.5 Å². The van der Waals surface area contributed by atoms with E-state index in [0.717, 1.165) is 19.1 Å². The van der Waals surface area contributed by atoms with Crippen LogP contribution >= 0.6 is 0 Å². The van der Waals surface area contributed by atoms with Crippen LogP contribution in [-0.4, -0.2) is 48.8 Å². The van der Waals surface area contributed by atoms with E-state index in [9.17, 15) is 14.4 Å². The van der Waals surface area contributed by atoms with Crippen LogP contribution in [0.1, 0.15) is 46.5 Å². The first-order chi connectivity index (χ1) is 10.7. The summed E-state index contributed by atoms with van der Waals surface area (Å²) < 4.78 is 10.3. The second-order valence-electron chi connectivity index (χ2n) is 7.19. The van der Waals surface area contributed by atoms with Crippen molar-refractivity contribution in [2.24, 2.45) is 11.3 Å². The van der Waals surface area contributed by atoms with Crippen molar-refractivity contribution < 1.29 is 29.0 Å². The molecule has 1 rings (SSSR count). The van der Waals surface area contributed by atoms with Crippen LogP contribution in [0.25, 0.3) is 0 Å². The molecule has 0 spiro atoms. The molecule has 1 aliphatic rings. The van der Waals surface area contributed by atoms with Gasteiger partial charge < -0.3 is 24.7 Å². The summed E-state index contributed by atoms with van der Waals surface area (Å²) in [5, 5.41) is 11.3. The minimum Gasteiger partial charge on any atom is -0.480 e. The number of carboxylic acid groups (broad SMARTS) is 1. The van der Waals surface area contributed by atoms with Crippen molar-refractivity contribution in [2.75, 3.05) is 19.8 Å². The fraction of sp³-hybridized carbons (Fsp3) is 0.812. The second kappa shape index (κ2) is 8.29. The Balaban J connectivity index is 2.34. The fourth-order valence-electron chi connectivity index (χ4n) is 2.64. The molecule has 2 N–H and O–H groups in total. The molecule has 132 valence electrons. The number of aliphatic carboxylic acids is 1. The number of nitrogens with one attached hydrogen (secondary N) is 1.